The average molecular weight is 326 g/mol. The lowest BCUT2D eigenvalue weighted by atomic mass is 10.1. The van der Waals surface area contributed by atoms with Crippen molar-refractivity contribution in [2.45, 2.75) is 20.3 Å². The first-order valence-electron chi connectivity index (χ1n) is 7.42. The first kappa shape index (κ1) is 15.8. The number of nitrogens with zero attached hydrogens (tertiary/aromatic N) is 4. The topological polar surface area (TPSA) is 79.3 Å². The molecule has 0 aliphatic heterocycles. The molecular weight excluding hydrogens is 311 g/mol. The van der Waals surface area contributed by atoms with E-state index in [0.717, 1.165) is 23.7 Å². The van der Waals surface area contributed by atoms with Crippen molar-refractivity contribution >= 4 is 23.1 Å². The van der Waals surface area contributed by atoms with E-state index in [4.69, 9.17) is 0 Å². The molecule has 0 unspecified atom stereocenters. The van der Waals surface area contributed by atoms with Crippen molar-refractivity contribution in [1.29, 1.82) is 0 Å². The largest absolute Gasteiger partial charge is 0.476 e. The number of halogens is 1. The van der Waals surface area contributed by atoms with Gasteiger partial charge in [-0.25, -0.2) is 14.2 Å². The maximum Gasteiger partial charge on any atom is 0.358 e. The Balaban J connectivity index is 2.18. The highest BCUT2D eigenvalue weighted by Gasteiger charge is 2.19. The van der Waals surface area contributed by atoms with E-state index in [0.29, 0.717) is 11.3 Å². The number of imidazole rings is 1. The Morgan fingerprint density at radius 3 is 2.79 bits per heavy atom. The van der Waals surface area contributed by atoms with Crippen molar-refractivity contribution < 1.29 is 14.3 Å². The molecule has 0 atom stereocenters. The Bertz CT molecular complexity index is 963. The smallest absolute Gasteiger partial charge is 0.358 e. The van der Waals surface area contributed by atoms with Crippen molar-refractivity contribution in [3.63, 3.8) is 0 Å². The summed E-state index contributed by atoms with van der Waals surface area (Å²) in [6.07, 6.45) is 1.91. The Morgan fingerprint density at radius 1 is 1.29 bits per heavy atom. The number of benzene rings is 1. The SMILES string of the molecule is CCc1cccc(C)c1N=Nc1c(C(=O)O)nc2ccc(F)cn12. The second-order valence-electron chi connectivity index (χ2n) is 5.30. The normalized spacial score (nSPS) is 11.5. The molecule has 0 radical (unpaired) electrons. The molecule has 122 valence electrons. The van der Waals surface area contributed by atoms with E-state index in [-0.39, 0.29) is 11.5 Å². The molecule has 3 rings (SSSR count). The van der Waals surface area contributed by atoms with E-state index in [2.05, 4.69) is 15.2 Å². The molecule has 1 N–H and O–H groups in total. The van der Waals surface area contributed by atoms with Gasteiger partial charge in [0, 0.05) is 6.20 Å². The van der Waals surface area contributed by atoms with Crippen LogP contribution in [0.1, 0.15) is 28.5 Å². The van der Waals surface area contributed by atoms with Crippen molar-refractivity contribution in [2.75, 3.05) is 0 Å². The van der Waals surface area contributed by atoms with Crippen molar-refractivity contribution in [3.8, 4) is 0 Å². The molecule has 7 heteroatoms. The van der Waals surface area contributed by atoms with Gasteiger partial charge in [0.15, 0.2) is 11.5 Å². The highest BCUT2D eigenvalue weighted by molar-refractivity contribution is 5.91. The fraction of sp³-hybridized carbons (Fsp3) is 0.176. The summed E-state index contributed by atoms with van der Waals surface area (Å²) in [5.74, 6) is -1.77. The maximum atomic E-state index is 13.5. The first-order chi connectivity index (χ1) is 11.5. The number of rotatable bonds is 4. The van der Waals surface area contributed by atoms with E-state index < -0.39 is 11.8 Å². The van der Waals surface area contributed by atoms with Gasteiger partial charge >= 0.3 is 5.97 Å². The number of pyridine rings is 1. The van der Waals surface area contributed by atoms with Crippen LogP contribution in [0.2, 0.25) is 0 Å². The van der Waals surface area contributed by atoms with Crippen LogP contribution in [0.5, 0.6) is 0 Å². The fourth-order valence-corrected chi connectivity index (χ4v) is 2.49. The molecular formula is C17H15FN4O2. The van der Waals surface area contributed by atoms with E-state index in [1.54, 1.807) is 0 Å². The minimum absolute atomic E-state index is 0.0118. The van der Waals surface area contributed by atoms with E-state index in [1.165, 1.54) is 16.5 Å². The molecule has 0 saturated heterocycles. The van der Waals surface area contributed by atoms with E-state index in [9.17, 15) is 14.3 Å². The lowest BCUT2D eigenvalue weighted by Crippen LogP contribution is -1.96. The zero-order chi connectivity index (χ0) is 17.3. The van der Waals surface area contributed by atoms with Gasteiger partial charge in [0.2, 0.25) is 0 Å². The number of azo groups is 1. The second-order valence-corrected chi connectivity index (χ2v) is 5.30. The number of hydrogen-bond donors (Lipinski definition) is 1. The highest BCUT2D eigenvalue weighted by atomic mass is 19.1. The molecule has 3 aromatic rings. The van der Waals surface area contributed by atoms with Crippen molar-refractivity contribution in [2.24, 2.45) is 10.2 Å². The first-order valence-corrected chi connectivity index (χ1v) is 7.42. The number of carboxylic acid groups (broad SMARTS) is 1. The number of hydrogen-bond acceptors (Lipinski definition) is 4. The molecule has 0 aliphatic rings. The predicted octanol–water partition coefficient (Wildman–Crippen LogP) is 4.46. The van der Waals surface area contributed by atoms with Crippen LogP contribution in [0.3, 0.4) is 0 Å². The third-order valence-corrected chi connectivity index (χ3v) is 3.71. The molecule has 0 aliphatic carbocycles. The van der Waals surface area contributed by atoms with Gasteiger partial charge in [0.05, 0.1) is 5.69 Å². The summed E-state index contributed by atoms with van der Waals surface area (Å²) in [5, 5.41) is 17.6. The molecule has 2 aromatic heterocycles. The standard InChI is InChI=1S/C17H15FN4O2/c1-3-11-6-4-5-10(2)14(11)20-21-16-15(17(23)24)19-13-8-7-12(18)9-22(13)16/h4-9H,3H2,1-2H3,(H,23,24). The van der Waals surface area contributed by atoms with Crippen LogP contribution in [-0.2, 0) is 6.42 Å². The zero-order valence-corrected chi connectivity index (χ0v) is 13.2. The number of aromatic carboxylic acids is 1. The molecule has 0 fully saturated rings. The van der Waals surface area contributed by atoms with Gasteiger partial charge in [0.1, 0.15) is 11.5 Å². The van der Waals surface area contributed by atoms with Gasteiger partial charge in [0.25, 0.3) is 0 Å². The molecule has 24 heavy (non-hydrogen) atoms. The van der Waals surface area contributed by atoms with Gasteiger partial charge in [-0.2, -0.15) is 0 Å². The molecule has 1 aromatic carbocycles. The summed E-state index contributed by atoms with van der Waals surface area (Å²) in [6.45, 7) is 3.90. The number of carboxylic acids is 1. The third kappa shape index (κ3) is 2.76. The van der Waals surface area contributed by atoms with Gasteiger partial charge in [-0.3, -0.25) is 4.40 Å². The van der Waals surface area contributed by atoms with Crippen LogP contribution in [0.4, 0.5) is 15.9 Å². The van der Waals surface area contributed by atoms with Crippen LogP contribution >= 0.6 is 0 Å². The van der Waals surface area contributed by atoms with Crippen LogP contribution in [0.25, 0.3) is 5.65 Å². The monoisotopic (exact) mass is 326 g/mol. The van der Waals surface area contributed by atoms with Gasteiger partial charge in [-0.15, -0.1) is 10.2 Å². The summed E-state index contributed by atoms with van der Waals surface area (Å²) in [7, 11) is 0. The molecule has 0 saturated carbocycles. The number of fused-ring (bicyclic) bond motifs is 1. The molecule has 0 spiro atoms. The minimum atomic E-state index is -1.24. The lowest BCUT2D eigenvalue weighted by molar-refractivity contribution is 0.0692. The van der Waals surface area contributed by atoms with Crippen molar-refractivity contribution in [3.05, 3.63) is 59.2 Å². The van der Waals surface area contributed by atoms with Gasteiger partial charge < -0.3 is 5.11 Å². The Kier molecular flexibility index (Phi) is 4.07. The average Bonchev–Trinajstić information content (AvgIpc) is 2.91. The third-order valence-electron chi connectivity index (χ3n) is 3.71. The quantitative estimate of drug-likeness (QED) is 0.719. The van der Waals surface area contributed by atoms with E-state index in [1.807, 2.05) is 32.0 Å². The Hall–Kier alpha value is -3.09. The number of aromatic nitrogens is 2. The fourth-order valence-electron chi connectivity index (χ4n) is 2.49. The van der Waals surface area contributed by atoms with Crippen LogP contribution < -0.4 is 0 Å². The van der Waals surface area contributed by atoms with Crippen molar-refractivity contribution in [1.82, 2.24) is 9.38 Å². The number of carbonyl (C=O) groups is 1. The molecule has 0 bridgehead atoms. The van der Waals surface area contributed by atoms with Gasteiger partial charge in [-0.1, -0.05) is 25.1 Å². The van der Waals surface area contributed by atoms with Crippen LogP contribution in [-0.4, -0.2) is 20.5 Å². The maximum absolute atomic E-state index is 13.5. The Labute approximate surface area is 137 Å². The van der Waals surface area contributed by atoms with Crippen LogP contribution in [0, 0.1) is 12.7 Å². The summed E-state index contributed by atoms with van der Waals surface area (Å²) < 4.78 is 14.8. The lowest BCUT2D eigenvalue weighted by Gasteiger charge is -2.05. The van der Waals surface area contributed by atoms with Crippen LogP contribution in [0.15, 0.2) is 46.8 Å². The molecule has 6 nitrogen and oxygen atoms in total. The summed E-state index contributed by atoms with van der Waals surface area (Å²) >= 11 is 0. The van der Waals surface area contributed by atoms with E-state index >= 15 is 0 Å². The number of aryl methyl sites for hydroxylation is 2. The summed E-state index contributed by atoms with van der Waals surface area (Å²) in [5.41, 5.74) is 2.63. The summed E-state index contributed by atoms with van der Waals surface area (Å²) in [4.78, 5) is 15.4. The minimum Gasteiger partial charge on any atom is -0.476 e. The molecule has 2 heterocycles. The highest BCUT2D eigenvalue weighted by Crippen LogP contribution is 2.29. The molecule has 0 amide bonds. The summed E-state index contributed by atoms with van der Waals surface area (Å²) in [6, 6.07) is 8.38. The van der Waals surface area contributed by atoms with Gasteiger partial charge in [-0.05, 0) is 36.6 Å². The Morgan fingerprint density at radius 2 is 2.08 bits per heavy atom. The predicted molar refractivity (Wildman–Crippen MR) is 86.8 cm³/mol. The second kappa shape index (κ2) is 6.19. The zero-order valence-electron chi connectivity index (χ0n) is 13.2.